The van der Waals surface area contributed by atoms with Crippen LogP contribution in [0.1, 0.15) is 27.2 Å². The van der Waals surface area contributed by atoms with E-state index in [0.29, 0.717) is 6.04 Å². The Balaban J connectivity index is 2.30. The van der Waals surface area contributed by atoms with Crippen molar-refractivity contribution in [2.45, 2.75) is 33.2 Å². The highest BCUT2D eigenvalue weighted by molar-refractivity contribution is 5.84. The van der Waals surface area contributed by atoms with Crippen LogP contribution in [0.3, 0.4) is 0 Å². The second-order valence-electron chi connectivity index (χ2n) is 3.43. The minimum atomic E-state index is 0.564. The van der Waals surface area contributed by atoms with E-state index < -0.39 is 0 Å². The number of aliphatic imine (C=N–C) groups is 1. The molecule has 1 rings (SSSR count). The summed E-state index contributed by atoms with van der Waals surface area (Å²) in [7, 11) is 0. The smallest absolute Gasteiger partial charge is 0.0969 e. The number of hydrogen-bond acceptors (Lipinski definition) is 2. The zero-order valence-electron chi connectivity index (χ0n) is 7.02. The zero-order valence-corrected chi connectivity index (χ0v) is 7.02. The summed E-state index contributed by atoms with van der Waals surface area (Å²) < 4.78 is 0. The molecule has 1 atom stereocenters. The van der Waals surface area contributed by atoms with Gasteiger partial charge >= 0.3 is 0 Å². The van der Waals surface area contributed by atoms with Gasteiger partial charge in [-0.3, -0.25) is 4.99 Å². The summed E-state index contributed by atoms with van der Waals surface area (Å²) >= 11 is 0. The summed E-state index contributed by atoms with van der Waals surface area (Å²) in [5, 5.41) is 3.34. The van der Waals surface area contributed by atoms with Crippen LogP contribution in [-0.4, -0.2) is 18.4 Å². The number of amidine groups is 1. The van der Waals surface area contributed by atoms with Crippen molar-refractivity contribution in [2.75, 3.05) is 6.54 Å². The van der Waals surface area contributed by atoms with Crippen LogP contribution in [-0.2, 0) is 0 Å². The van der Waals surface area contributed by atoms with E-state index in [-0.39, 0.29) is 0 Å². The molecule has 0 unspecified atom stereocenters. The molecule has 0 radical (unpaired) electrons. The molecule has 58 valence electrons. The van der Waals surface area contributed by atoms with E-state index in [4.69, 9.17) is 0 Å². The highest BCUT2D eigenvalue weighted by atomic mass is 15.1. The van der Waals surface area contributed by atoms with Crippen molar-refractivity contribution in [3.63, 3.8) is 0 Å². The van der Waals surface area contributed by atoms with Gasteiger partial charge in [0.2, 0.25) is 0 Å². The molecular formula is C8H16N2. The molecule has 10 heavy (non-hydrogen) atoms. The molecule has 1 aliphatic rings. The standard InChI is InChI=1S/C8H16N2/c1-6(2)4-8-9-5-7(3)10-8/h6-7H,4-5H2,1-3H3,(H,9,10)/t7-/m0/s1. The molecule has 0 aliphatic carbocycles. The van der Waals surface area contributed by atoms with E-state index in [2.05, 4.69) is 31.1 Å². The topological polar surface area (TPSA) is 24.4 Å². The fourth-order valence-electron chi connectivity index (χ4n) is 1.13. The van der Waals surface area contributed by atoms with Gasteiger partial charge in [-0.05, 0) is 12.8 Å². The lowest BCUT2D eigenvalue weighted by molar-refractivity contribution is 0.661. The first kappa shape index (κ1) is 7.58. The minimum Gasteiger partial charge on any atom is -0.370 e. The van der Waals surface area contributed by atoms with Crippen LogP contribution < -0.4 is 5.32 Å². The predicted molar refractivity (Wildman–Crippen MR) is 44.4 cm³/mol. The highest BCUT2D eigenvalue weighted by Crippen LogP contribution is 2.04. The largest absolute Gasteiger partial charge is 0.370 e. The summed E-state index contributed by atoms with van der Waals surface area (Å²) in [4.78, 5) is 4.36. The van der Waals surface area contributed by atoms with Gasteiger partial charge in [-0.1, -0.05) is 13.8 Å². The molecule has 0 fully saturated rings. The SMILES string of the molecule is CC(C)CC1=NC[C@H](C)N1. The van der Waals surface area contributed by atoms with E-state index >= 15 is 0 Å². The Morgan fingerprint density at radius 2 is 2.40 bits per heavy atom. The number of nitrogens with one attached hydrogen (secondary N) is 1. The summed E-state index contributed by atoms with van der Waals surface area (Å²) in [6.45, 7) is 7.55. The number of nitrogens with zero attached hydrogens (tertiary/aromatic N) is 1. The van der Waals surface area contributed by atoms with Crippen LogP contribution in [0.5, 0.6) is 0 Å². The third-order valence-corrected chi connectivity index (χ3v) is 1.57. The van der Waals surface area contributed by atoms with Crippen molar-refractivity contribution >= 4 is 5.84 Å². The van der Waals surface area contributed by atoms with Gasteiger partial charge in [-0.2, -0.15) is 0 Å². The molecular weight excluding hydrogens is 124 g/mol. The summed E-state index contributed by atoms with van der Waals surface area (Å²) in [6, 6.07) is 0.564. The predicted octanol–water partition coefficient (Wildman–Crippen LogP) is 1.42. The lowest BCUT2D eigenvalue weighted by atomic mass is 10.1. The van der Waals surface area contributed by atoms with Crippen molar-refractivity contribution in [1.29, 1.82) is 0 Å². The quantitative estimate of drug-likeness (QED) is 0.616. The molecule has 0 aromatic carbocycles. The minimum absolute atomic E-state index is 0.564. The molecule has 0 aromatic rings. The Morgan fingerprint density at radius 1 is 1.70 bits per heavy atom. The van der Waals surface area contributed by atoms with Gasteiger partial charge in [0.1, 0.15) is 0 Å². The van der Waals surface area contributed by atoms with E-state index in [9.17, 15) is 0 Å². The maximum Gasteiger partial charge on any atom is 0.0969 e. The lowest BCUT2D eigenvalue weighted by Gasteiger charge is -2.07. The molecule has 2 heteroatoms. The van der Waals surface area contributed by atoms with Gasteiger partial charge < -0.3 is 5.32 Å². The van der Waals surface area contributed by atoms with Crippen molar-refractivity contribution in [1.82, 2.24) is 5.32 Å². The first-order valence-corrected chi connectivity index (χ1v) is 3.98. The average molecular weight is 140 g/mol. The number of hydrogen-bond donors (Lipinski definition) is 1. The first-order valence-electron chi connectivity index (χ1n) is 3.98. The van der Waals surface area contributed by atoms with E-state index in [0.717, 1.165) is 18.9 Å². The normalized spacial score (nSPS) is 24.8. The second-order valence-corrected chi connectivity index (χ2v) is 3.43. The third kappa shape index (κ3) is 2.01. The van der Waals surface area contributed by atoms with Crippen LogP contribution in [0.4, 0.5) is 0 Å². The summed E-state index contributed by atoms with van der Waals surface area (Å²) in [6.07, 6.45) is 1.10. The molecule has 1 aliphatic heterocycles. The lowest BCUT2D eigenvalue weighted by Crippen LogP contribution is -2.27. The monoisotopic (exact) mass is 140 g/mol. The second kappa shape index (κ2) is 3.04. The highest BCUT2D eigenvalue weighted by Gasteiger charge is 2.12. The summed E-state index contributed by atoms with van der Waals surface area (Å²) in [5.74, 6) is 1.92. The maximum absolute atomic E-state index is 4.36. The van der Waals surface area contributed by atoms with E-state index in [1.807, 2.05) is 0 Å². The van der Waals surface area contributed by atoms with Gasteiger partial charge in [-0.25, -0.2) is 0 Å². The van der Waals surface area contributed by atoms with Crippen molar-refractivity contribution in [3.05, 3.63) is 0 Å². The molecule has 0 spiro atoms. The fourth-order valence-corrected chi connectivity index (χ4v) is 1.13. The van der Waals surface area contributed by atoms with E-state index in [1.54, 1.807) is 0 Å². The Labute approximate surface area is 62.7 Å². The van der Waals surface area contributed by atoms with Gasteiger partial charge in [0, 0.05) is 12.5 Å². The molecule has 1 N–H and O–H groups in total. The molecule has 0 aromatic heterocycles. The van der Waals surface area contributed by atoms with Crippen LogP contribution in [0, 0.1) is 5.92 Å². The Bertz CT molecular complexity index is 138. The third-order valence-electron chi connectivity index (χ3n) is 1.57. The fraction of sp³-hybridized carbons (Fsp3) is 0.875. The molecule has 0 bridgehead atoms. The van der Waals surface area contributed by atoms with Crippen LogP contribution in [0.2, 0.25) is 0 Å². The van der Waals surface area contributed by atoms with E-state index in [1.165, 1.54) is 5.84 Å². The van der Waals surface area contributed by atoms with Crippen molar-refractivity contribution in [2.24, 2.45) is 10.9 Å². The Hall–Kier alpha value is -0.530. The van der Waals surface area contributed by atoms with Crippen LogP contribution in [0.25, 0.3) is 0 Å². The maximum atomic E-state index is 4.36. The first-order chi connectivity index (χ1) is 4.68. The molecule has 0 saturated carbocycles. The molecule has 2 nitrogen and oxygen atoms in total. The van der Waals surface area contributed by atoms with Crippen molar-refractivity contribution < 1.29 is 0 Å². The van der Waals surface area contributed by atoms with Crippen LogP contribution >= 0.6 is 0 Å². The zero-order chi connectivity index (χ0) is 7.56. The van der Waals surface area contributed by atoms with Crippen LogP contribution in [0.15, 0.2) is 4.99 Å². The van der Waals surface area contributed by atoms with Crippen molar-refractivity contribution in [3.8, 4) is 0 Å². The van der Waals surface area contributed by atoms with Gasteiger partial charge in [0.25, 0.3) is 0 Å². The molecule has 0 saturated heterocycles. The molecule has 1 heterocycles. The van der Waals surface area contributed by atoms with Gasteiger partial charge in [-0.15, -0.1) is 0 Å². The Morgan fingerprint density at radius 3 is 2.80 bits per heavy atom. The van der Waals surface area contributed by atoms with Gasteiger partial charge in [0.05, 0.1) is 12.4 Å². The average Bonchev–Trinajstić information content (AvgIpc) is 2.13. The molecule has 0 amide bonds. The number of rotatable bonds is 2. The van der Waals surface area contributed by atoms with Gasteiger partial charge in [0.15, 0.2) is 0 Å². The Kier molecular flexibility index (Phi) is 2.30. The summed E-state index contributed by atoms with van der Waals surface area (Å²) in [5.41, 5.74) is 0.